The standard InChI is InChI=1S/C15H10BrClFN5O/c1-8-20-21-22-23(8)10-3-5-13(18)14(7-10)19-15(24)11-6-9(16)2-4-12(11)17/h2-7H,1H3,(H,19,24). The minimum absolute atomic E-state index is 0.00319. The number of tetrazole rings is 1. The van der Waals surface area contributed by atoms with Gasteiger partial charge in [-0.05, 0) is 53.7 Å². The van der Waals surface area contributed by atoms with Crippen molar-refractivity contribution in [2.45, 2.75) is 6.92 Å². The van der Waals surface area contributed by atoms with E-state index in [-0.39, 0.29) is 16.3 Å². The fourth-order valence-corrected chi connectivity index (χ4v) is 2.64. The lowest BCUT2D eigenvalue weighted by Crippen LogP contribution is -2.14. The second-order valence-corrected chi connectivity index (χ2v) is 6.20. The van der Waals surface area contributed by atoms with Crippen molar-refractivity contribution in [2.75, 3.05) is 5.32 Å². The first-order chi connectivity index (χ1) is 11.5. The number of carbonyl (C=O) groups excluding carboxylic acids is 1. The van der Waals surface area contributed by atoms with Crippen molar-refractivity contribution in [1.82, 2.24) is 20.2 Å². The van der Waals surface area contributed by atoms with Crippen LogP contribution in [0.3, 0.4) is 0 Å². The Morgan fingerprint density at radius 2 is 2.08 bits per heavy atom. The van der Waals surface area contributed by atoms with Crippen LogP contribution in [0.2, 0.25) is 5.02 Å². The number of halogens is 3. The molecule has 0 atom stereocenters. The van der Waals surface area contributed by atoms with E-state index in [0.29, 0.717) is 16.0 Å². The molecule has 0 bridgehead atoms. The largest absolute Gasteiger partial charge is 0.319 e. The molecule has 0 aliphatic rings. The maximum absolute atomic E-state index is 14.0. The Morgan fingerprint density at radius 1 is 1.29 bits per heavy atom. The van der Waals surface area contributed by atoms with E-state index in [1.54, 1.807) is 25.1 Å². The van der Waals surface area contributed by atoms with E-state index in [1.165, 1.54) is 22.9 Å². The highest BCUT2D eigenvalue weighted by molar-refractivity contribution is 9.10. The van der Waals surface area contributed by atoms with Gasteiger partial charge in [-0.25, -0.2) is 4.39 Å². The van der Waals surface area contributed by atoms with Gasteiger partial charge in [-0.15, -0.1) is 5.10 Å². The summed E-state index contributed by atoms with van der Waals surface area (Å²) in [5, 5.41) is 13.9. The molecule has 0 radical (unpaired) electrons. The third kappa shape index (κ3) is 3.29. The molecule has 1 N–H and O–H groups in total. The average molecular weight is 411 g/mol. The van der Waals surface area contributed by atoms with Gasteiger partial charge in [-0.1, -0.05) is 27.5 Å². The summed E-state index contributed by atoms with van der Waals surface area (Å²) in [6.45, 7) is 1.71. The Bertz CT molecular complexity index is 930. The molecule has 0 unspecified atom stereocenters. The molecule has 1 aromatic heterocycles. The zero-order valence-corrected chi connectivity index (χ0v) is 14.6. The number of hydrogen-bond acceptors (Lipinski definition) is 4. The maximum atomic E-state index is 14.0. The molecule has 9 heteroatoms. The first-order valence-corrected chi connectivity index (χ1v) is 7.94. The van der Waals surface area contributed by atoms with Crippen molar-refractivity contribution in [1.29, 1.82) is 0 Å². The van der Waals surface area contributed by atoms with Gasteiger partial charge in [0.2, 0.25) is 0 Å². The van der Waals surface area contributed by atoms with E-state index in [2.05, 4.69) is 36.8 Å². The molecule has 2 aromatic carbocycles. The Hall–Kier alpha value is -2.32. The lowest BCUT2D eigenvalue weighted by atomic mass is 10.2. The third-order valence-electron chi connectivity index (χ3n) is 3.24. The van der Waals surface area contributed by atoms with Crippen molar-refractivity contribution in [3.63, 3.8) is 0 Å². The van der Waals surface area contributed by atoms with Crippen LogP contribution in [0.25, 0.3) is 5.69 Å². The zero-order valence-electron chi connectivity index (χ0n) is 12.3. The van der Waals surface area contributed by atoms with Crippen LogP contribution in [0.15, 0.2) is 40.9 Å². The van der Waals surface area contributed by atoms with Crippen molar-refractivity contribution in [3.05, 3.63) is 63.1 Å². The summed E-state index contributed by atoms with van der Waals surface area (Å²) in [5.41, 5.74) is 0.757. The number of aryl methyl sites for hydroxylation is 1. The van der Waals surface area contributed by atoms with Gasteiger partial charge in [0, 0.05) is 4.47 Å². The number of nitrogens with zero attached hydrogens (tertiary/aromatic N) is 4. The molecule has 0 saturated carbocycles. The molecular weight excluding hydrogens is 401 g/mol. The summed E-state index contributed by atoms with van der Waals surface area (Å²) in [6, 6.07) is 9.04. The van der Waals surface area contributed by atoms with Crippen LogP contribution in [-0.2, 0) is 0 Å². The normalized spacial score (nSPS) is 10.7. The Labute approximate surface area is 149 Å². The van der Waals surface area contributed by atoms with Gasteiger partial charge in [-0.2, -0.15) is 4.68 Å². The smallest absolute Gasteiger partial charge is 0.257 e. The summed E-state index contributed by atoms with van der Waals surface area (Å²) in [7, 11) is 0. The van der Waals surface area contributed by atoms with Crippen LogP contribution in [-0.4, -0.2) is 26.1 Å². The van der Waals surface area contributed by atoms with Crippen molar-refractivity contribution in [3.8, 4) is 5.69 Å². The predicted octanol–water partition coefficient (Wildman–Crippen LogP) is 3.78. The molecule has 0 spiro atoms. The molecule has 6 nitrogen and oxygen atoms in total. The number of benzene rings is 2. The number of aromatic nitrogens is 4. The summed E-state index contributed by atoms with van der Waals surface area (Å²) < 4.78 is 16.2. The molecule has 3 rings (SSSR count). The topological polar surface area (TPSA) is 72.7 Å². The molecular formula is C15H10BrClFN5O. The van der Waals surface area contributed by atoms with Gasteiger partial charge in [0.1, 0.15) is 5.82 Å². The van der Waals surface area contributed by atoms with Gasteiger partial charge in [0.25, 0.3) is 5.91 Å². The van der Waals surface area contributed by atoms with Crippen LogP contribution in [0.4, 0.5) is 10.1 Å². The molecule has 0 aliphatic heterocycles. The predicted molar refractivity (Wildman–Crippen MR) is 91.0 cm³/mol. The number of rotatable bonds is 3. The Kier molecular flexibility index (Phi) is 4.59. The Balaban J connectivity index is 1.94. The zero-order chi connectivity index (χ0) is 17.3. The summed E-state index contributed by atoms with van der Waals surface area (Å²) in [4.78, 5) is 12.4. The molecule has 24 heavy (non-hydrogen) atoms. The molecule has 0 fully saturated rings. The molecule has 3 aromatic rings. The second-order valence-electron chi connectivity index (χ2n) is 4.88. The van der Waals surface area contributed by atoms with Crippen LogP contribution in [0.5, 0.6) is 0 Å². The summed E-state index contributed by atoms with van der Waals surface area (Å²) in [5.74, 6) is -0.566. The molecule has 0 saturated heterocycles. The van der Waals surface area contributed by atoms with E-state index < -0.39 is 11.7 Å². The van der Waals surface area contributed by atoms with E-state index in [0.717, 1.165) is 0 Å². The van der Waals surface area contributed by atoms with Crippen molar-refractivity contribution in [2.24, 2.45) is 0 Å². The minimum Gasteiger partial charge on any atom is -0.319 e. The first-order valence-electron chi connectivity index (χ1n) is 6.77. The van der Waals surface area contributed by atoms with Gasteiger partial charge < -0.3 is 5.32 Å². The third-order valence-corrected chi connectivity index (χ3v) is 4.06. The average Bonchev–Trinajstić information content (AvgIpc) is 2.98. The second kappa shape index (κ2) is 6.66. The minimum atomic E-state index is -0.580. The maximum Gasteiger partial charge on any atom is 0.257 e. The molecule has 1 heterocycles. The fraction of sp³-hybridized carbons (Fsp3) is 0.0667. The first kappa shape index (κ1) is 16.5. The Morgan fingerprint density at radius 3 is 2.79 bits per heavy atom. The van der Waals surface area contributed by atoms with Crippen LogP contribution < -0.4 is 5.32 Å². The van der Waals surface area contributed by atoms with Crippen LogP contribution in [0.1, 0.15) is 16.2 Å². The van der Waals surface area contributed by atoms with Gasteiger partial charge >= 0.3 is 0 Å². The highest BCUT2D eigenvalue weighted by atomic mass is 79.9. The number of carbonyl (C=O) groups is 1. The van der Waals surface area contributed by atoms with Gasteiger partial charge in [0.15, 0.2) is 5.82 Å². The number of anilines is 1. The van der Waals surface area contributed by atoms with Crippen LogP contribution in [0, 0.1) is 12.7 Å². The van der Waals surface area contributed by atoms with E-state index in [9.17, 15) is 9.18 Å². The van der Waals surface area contributed by atoms with Gasteiger partial charge in [0.05, 0.1) is 22.0 Å². The lowest BCUT2D eigenvalue weighted by Gasteiger charge is -2.10. The number of amides is 1. The number of nitrogens with one attached hydrogen (secondary N) is 1. The molecule has 1 amide bonds. The summed E-state index contributed by atoms with van der Waals surface area (Å²) >= 11 is 9.30. The molecule has 0 aliphatic carbocycles. The highest BCUT2D eigenvalue weighted by Gasteiger charge is 2.15. The number of hydrogen-bond donors (Lipinski definition) is 1. The van der Waals surface area contributed by atoms with E-state index in [1.807, 2.05) is 0 Å². The molecule has 122 valence electrons. The quantitative estimate of drug-likeness (QED) is 0.713. The fourth-order valence-electron chi connectivity index (χ4n) is 2.07. The van der Waals surface area contributed by atoms with Gasteiger partial charge in [-0.3, -0.25) is 4.79 Å². The lowest BCUT2D eigenvalue weighted by molar-refractivity contribution is 0.102. The monoisotopic (exact) mass is 409 g/mol. The van der Waals surface area contributed by atoms with E-state index in [4.69, 9.17) is 11.6 Å². The SMILES string of the molecule is Cc1nnnn1-c1ccc(F)c(NC(=O)c2cc(Br)ccc2Cl)c1. The van der Waals surface area contributed by atoms with Crippen LogP contribution >= 0.6 is 27.5 Å². The highest BCUT2D eigenvalue weighted by Crippen LogP contribution is 2.24. The van der Waals surface area contributed by atoms with Crippen molar-refractivity contribution < 1.29 is 9.18 Å². The van der Waals surface area contributed by atoms with E-state index >= 15 is 0 Å². The summed E-state index contributed by atoms with van der Waals surface area (Å²) in [6.07, 6.45) is 0. The van der Waals surface area contributed by atoms with Crippen molar-refractivity contribution >= 4 is 39.1 Å².